The fraction of sp³-hybridized carbons (Fsp3) is 0.200. The first kappa shape index (κ1) is 22.4. The number of ether oxygens (including phenoxy) is 2. The summed E-state index contributed by atoms with van der Waals surface area (Å²) in [5.41, 5.74) is 1.81. The van der Waals surface area contributed by atoms with E-state index in [0.717, 1.165) is 10.6 Å². The first-order chi connectivity index (χ1) is 15.9. The summed E-state index contributed by atoms with van der Waals surface area (Å²) >= 11 is 1.41. The molecule has 1 amide bonds. The molecule has 1 aliphatic rings. The number of benzene rings is 2. The molecule has 1 saturated heterocycles. The summed E-state index contributed by atoms with van der Waals surface area (Å²) in [6.07, 6.45) is 0. The van der Waals surface area contributed by atoms with Crippen molar-refractivity contribution in [2.75, 3.05) is 38.1 Å². The van der Waals surface area contributed by atoms with Crippen molar-refractivity contribution in [1.29, 1.82) is 0 Å². The van der Waals surface area contributed by atoms with Crippen LogP contribution in [-0.2, 0) is 9.59 Å². The molecule has 4 rings (SSSR count). The first-order valence-corrected chi connectivity index (χ1v) is 11.1. The van der Waals surface area contributed by atoms with Gasteiger partial charge in [0.1, 0.15) is 23.3 Å². The standard InChI is InChI=1S/C25H24N2O5S/c1-26(2)15-7-9-16(10-8-15)27-22(20-6-5-13-33-20)21(24(29)25(27)30)23(28)18-14-17(31-3)11-12-19(18)32-4/h5-14,22,28H,1-4H3/b23-21-. The molecule has 1 fully saturated rings. The number of nitrogens with zero attached hydrogens (tertiary/aromatic N) is 2. The molecular formula is C25H24N2O5S. The number of Topliss-reactive ketones (excluding diaryl/α,β-unsaturated/α-hetero) is 1. The highest BCUT2D eigenvalue weighted by Gasteiger charge is 2.47. The van der Waals surface area contributed by atoms with E-state index in [2.05, 4.69) is 0 Å². The molecule has 0 bridgehead atoms. The van der Waals surface area contributed by atoms with Gasteiger partial charge >= 0.3 is 0 Å². The highest BCUT2D eigenvalue weighted by molar-refractivity contribution is 7.10. The average Bonchev–Trinajstić information content (AvgIpc) is 3.45. The third-order valence-electron chi connectivity index (χ3n) is 5.56. The van der Waals surface area contributed by atoms with Crippen LogP contribution >= 0.6 is 11.3 Å². The van der Waals surface area contributed by atoms with Crippen molar-refractivity contribution in [2.45, 2.75) is 6.04 Å². The van der Waals surface area contributed by atoms with Crippen LogP contribution in [0.4, 0.5) is 11.4 Å². The van der Waals surface area contributed by atoms with Gasteiger partial charge in [0, 0.05) is 30.3 Å². The predicted molar refractivity (Wildman–Crippen MR) is 129 cm³/mol. The number of rotatable bonds is 6. The summed E-state index contributed by atoms with van der Waals surface area (Å²) in [5.74, 6) is -0.921. The van der Waals surface area contributed by atoms with Crippen molar-refractivity contribution < 1.29 is 24.2 Å². The zero-order chi connectivity index (χ0) is 23.7. The van der Waals surface area contributed by atoms with Crippen molar-refractivity contribution in [3.05, 3.63) is 76.0 Å². The molecule has 1 aromatic heterocycles. The Labute approximate surface area is 196 Å². The molecule has 8 heteroatoms. The van der Waals surface area contributed by atoms with Crippen LogP contribution in [0.1, 0.15) is 16.5 Å². The van der Waals surface area contributed by atoms with E-state index < -0.39 is 17.7 Å². The molecule has 1 N–H and O–H groups in total. The second-order valence-corrected chi connectivity index (χ2v) is 8.64. The van der Waals surface area contributed by atoms with Crippen molar-refractivity contribution in [3.8, 4) is 11.5 Å². The smallest absolute Gasteiger partial charge is 0.300 e. The molecule has 2 aromatic carbocycles. The van der Waals surface area contributed by atoms with Crippen molar-refractivity contribution in [1.82, 2.24) is 0 Å². The maximum atomic E-state index is 13.3. The maximum absolute atomic E-state index is 13.3. The van der Waals surface area contributed by atoms with Gasteiger partial charge in [0.25, 0.3) is 11.7 Å². The molecule has 7 nitrogen and oxygen atoms in total. The molecule has 2 heterocycles. The van der Waals surface area contributed by atoms with Gasteiger partial charge in [-0.1, -0.05) is 6.07 Å². The van der Waals surface area contributed by atoms with Crippen molar-refractivity contribution in [3.63, 3.8) is 0 Å². The molecule has 1 atom stereocenters. The fourth-order valence-electron chi connectivity index (χ4n) is 3.87. The Morgan fingerprint density at radius 3 is 2.33 bits per heavy atom. The molecule has 1 unspecified atom stereocenters. The van der Waals surface area contributed by atoms with E-state index >= 15 is 0 Å². The number of aliphatic hydroxyl groups is 1. The van der Waals surface area contributed by atoms with Crippen LogP contribution in [0.2, 0.25) is 0 Å². The Hall–Kier alpha value is -3.78. The first-order valence-electron chi connectivity index (χ1n) is 10.2. The second kappa shape index (κ2) is 8.99. The number of methoxy groups -OCH3 is 2. The number of carbonyl (C=O) groups is 2. The fourth-order valence-corrected chi connectivity index (χ4v) is 4.69. The van der Waals surface area contributed by atoms with E-state index in [1.54, 1.807) is 30.3 Å². The maximum Gasteiger partial charge on any atom is 0.300 e. The number of aliphatic hydroxyl groups excluding tert-OH is 1. The van der Waals surface area contributed by atoms with Crippen molar-refractivity contribution in [2.24, 2.45) is 0 Å². The zero-order valence-corrected chi connectivity index (χ0v) is 19.6. The molecule has 170 valence electrons. The Morgan fingerprint density at radius 2 is 1.76 bits per heavy atom. The Morgan fingerprint density at radius 1 is 1.03 bits per heavy atom. The topological polar surface area (TPSA) is 79.3 Å². The van der Waals surface area contributed by atoms with Crippen LogP contribution in [-0.4, -0.2) is 45.1 Å². The quantitative estimate of drug-likeness (QED) is 0.330. The Balaban J connectivity index is 1.91. The van der Waals surface area contributed by atoms with Crippen LogP contribution in [0.5, 0.6) is 11.5 Å². The van der Waals surface area contributed by atoms with E-state index in [1.807, 2.05) is 48.6 Å². The summed E-state index contributed by atoms with van der Waals surface area (Å²) in [6.45, 7) is 0. The summed E-state index contributed by atoms with van der Waals surface area (Å²) in [5, 5.41) is 13.2. The van der Waals surface area contributed by atoms with Crippen LogP contribution in [0, 0.1) is 0 Å². The molecule has 0 radical (unpaired) electrons. The van der Waals surface area contributed by atoms with E-state index in [4.69, 9.17) is 9.47 Å². The van der Waals surface area contributed by atoms with Gasteiger partial charge in [0.15, 0.2) is 0 Å². The van der Waals surface area contributed by atoms with Crippen LogP contribution in [0.3, 0.4) is 0 Å². The van der Waals surface area contributed by atoms with Gasteiger partial charge < -0.3 is 19.5 Å². The lowest BCUT2D eigenvalue weighted by molar-refractivity contribution is -0.132. The minimum Gasteiger partial charge on any atom is -0.507 e. The van der Waals surface area contributed by atoms with Gasteiger partial charge in [-0.3, -0.25) is 14.5 Å². The molecule has 1 aliphatic heterocycles. The third-order valence-corrected chi connectivity index (χ3v) is 6.49. The monoisotopic (exact) mass is 464 g/mol. The highest BCUT2D eigenvalue weighted by atomic mass is 32.1. The number of ketones is 1. The number of anilines is 2. The number of carbonyl (C=O) groups excluding carboxylic acids is 2. The Kier molecular flexibility index (Phi) is 6.11. The summed E-state index contributed by atoms with van der Waals surface area (Å²) in [7, 11) is 6.83. The molecule has 0 saturated carbocycles. The minimum atomic E-state index is -0.772. The van der Waals surface area contributed by atoms with Crippen molar-refractivity contribution >= 4 is 40.2 Å². The van der Waals surface area contributed by atoms with E-state index in [-0.39, 0.29) is 16.9 Å². The number of hydrogen-bond acceptors (Lipinski definition) is 7. The van der Waals surface area contributed by atoms with E-state index in [1.165, 1.54) is 30.5 Å². The Bertz CT molecular complexity index is 1220. The SMILES string of the molecule is COc1ccc(OC)c(/C(O)=C2/C(=O)C(=O)N(c3ccc(N(C)C)cc3)C2c2cccs2)c1. The predicted octanol–water partition coefficient (Wildman–Crippen LogP) is 4.46. The van der Waals surface area contributed by atoms with Gasteiger partial charge in [-0.05, 0) is 53.9 Å². The zero-order valence-electron chi connectivity index (χ0n) is 18.7. The van der Waals surface area contributed by atoms with Gasteiger partial charge in [-0.15, -0.1) is 11.3 Å². The number of thiophene rings is 1. The van der Waals surface area contributed by atoms with Crippen LogP contribution < -0.4 is 19.3 Å². The number of amides is 1. The molecule has 0 spiro atoms. The number of hydrogen-bond donors (Lipinski definition) is 1. The average molecular weight is 465 g/mol. The lowest BCUT2D eigenvalue weighted by Gasteiger charge is -2.25. The minimum absolute atomic E-state index is 0.00527. The van der Waals surface area contributed by atoms with E-state index in [9.17, 15) is 14.7 Å². The molecule has 3 aromatic rings. The molecular weight excluding hydrogens is 440 g/mol. The highest BCUT2D eigenvalue weighted by Crippen LogP contribution is 2.45. The van der Waals surface area contributed by atoms with Crippen LogP contribution in [0.15, 0.2) is 65.6 Å². The lowest BCUT2D eigenvalue weighted by atomic mass is 9.99. The van der Waals surface area contributed by atoms with Crippen LogP contribution in [0.25, 0.3) is 5.76 Å². The second-order valence-electron chi connectivity index (χ2n) is 7.66. The molecule has 0 aliphatic carbocycles. The van der Waals surface area contributed by atoms with E-state index in [0.29, 0.717) is 17.2 Å². The van der Waals surface area contributed by atoms with Gasteiger partial charge in [0.05, 0.1) is 25.4 Å². The van der Waals surface area contributed by atoms with Gasteiger partial charge in [0.2, 0.25) is 0 Å². The molecule has 33 heavy (non-hydrogen) atoms. The largest absolute Gasteiger partial charge is 0.507 e. The van der Waals surface area contributed by atoms with Gasteiger partial charge in [-0.25, -0.2) is 0 Å². The lowest BCUT2D eigenvalue weighted by Crippen LogP contribution is -2.29. The van der Waals surface area contributed by atoms with Gasteiger partial charge in [-0.2, -0.15) is 0 Å². The summed E-state index contributed by atoms with van der Waals surface area (Å²) < 4.78 is 10.7. The third kappa shape index (κ3) is 3.93. The summed E-state index contributed by atoms with van der Waals surface area (Å²) in [4.78, 5) is 30.6. The normalized spacial score (nSPS) is 17.3. The summed E-state index contributed by atoms with van der Waals surface area (Å²) in [6, 6.07) is 15.2.